The molecule has 0 radical (unpaired) electrons. The fourth-order valence-electron chi connectivity index (χ4n) is 3.25. The normalized spacial score (nSPS) is 17.4. The van der Waals surface area contributed by atoms with E-state index >= 15 is 0 Å². The molecule has 2 heteroatoms. The van der Waals surface area contributed by atoms with Crippen molar-refractivity contribution < 1.29 is 0 Å². The van der Waals surface area contributed by atoms with Gasteiger partial charge in [-0.25, -0.2) is 0 Å². The first-order chi connectivity index (χ1) is 9.58. The zero-order valence-corrected chi connectivity index (χ0v) is 13.5. The second kappa shape index (κ2) is 6.73. The van der Waals surface area contributed by atoms with E-state index in [0.29, 0.717) is 6.04 Å². The van der Waals surface area contributed by atoms with Crippen molar-refractivity contribution in [3.8, 4) is 0 Å². The number of hydrogen-bond donors (Lipinski definition) is 1. The van der Waals surface area contributed by atoms with E-state index in [0.717, 1.165) is 12.6 Å². The van der Waals surface area contributed by atoms with Gasteiger partial charge in [0.05, 0.1) is 0 Å². The molecular weight excluding hydrogens is 244 g/mol. The van der Waals surface area contributed by atoms with Crippen LogP contribution in [-0.4, -0.2) is 30.6 Å². The maximum atomic E-state index is 3.70. The van der Waals surface area contributed by atoms with E-state index < -0.39 is 0 Å². The molecule has 0 saturated heterocycles. The molecule has 0 aliphatic heterocycles. The van der Waals surface area contributed by atoms with Crippen molar-refractivity contribution in [2.75, 3.05) is 19.6 Å². The molecule has 2 nitrogen and oxygen atoms in total. The average Bonchev–Trinajstić information content (AvgIpc) is 3.27. The lowest BCUT2D eigenvalue weighted by atomic mass is 9.79. The van der Waals surface area contributed by atoms with Gasteiger partial charge in [-0.15, -0.1) is 0 Å². The van der Waals surface area contributed by atoms with E-state index in [1.54, 1.807) is 0 Å². The molecule has 20 heavy (non-hydrogen) atoms. The Kier molecular flexibility index (Phi) is 5.22. The summed E-state index contributed by atoms with van der Waals surface area (Å²) in [5.74, 6) is 0. The highest BCUT2D eigenvalue weighted by atomic mass is 15.2. The summed E-state index contributed by atoms with van der Waals surface area (Å²) in [5.41, 5.74) is 1.64. The fraction of sp³-hybridized carbons (Fsp3) is 0.667. The van der Waals surface area contributed by atoms with E-state index in [4.69, 9.17) is 0 Å². The summed E-state index contributed by atoms with van der Waals surface area (Å²) < 4.78 is 0. The second-order valence-electron chi connectivity index (χ2n) is 6.68. The van der Waals surface area contributed by atoms with E-state index in [9.17, 15) is 0 Å². The van der Waals surface area contributed by atoms with Gasteiger partial charge in [-0.05, 0) is 36.9 Å². The Morgan fingerprint density at radius 1 is 1.20 bits per heavy atom. The second-order valence-corrected chi connectivity index (χ2v) is 6.68. The molecule has 0 spiro atoms. The van der Waals surface area contributed by atoms with E-state index in [1.807, 2.05) is 0 Å². The maximum Gasteiger partial charge on any atom is 0.0384 e. The minimum Gasteiger partial charge on any atom is -0.310 e. The lowest BCUT2D eigenvalue weighted by molar-refractivity contribution is 0.135. The molecule has 0 heterocycles. The Bertz CT molecular complexity index is 395. The van der Waals surface area contributed by atoms with Crippen LogP contribution in [0, 0.1) is 5.41 Å². The van der Waals surface area contributed by atoms with Gasteiger partial charge in [-0.1, -0.05) is 58.0 Å². The molecule has 1 unspecified atom stereocenters. The van der Waals surface area contributed by atoms with Gasteiger partial charge in [-0.2, -0.15) is 0 Å². The molecule has 0 amide bonds. The molecule has 1 aliphatic rings. The fourth-order valence-corrected chi connectivity index (χ4v) is 3.25. The molecule has 0 aromatic heterocycles. The summed E-state index contributed by atoms with van der Waals surface area (Å²) in [6, 6.07) is 12.2. The first kappa shape index (κ1) is 15.5. The molecule has 1 aromatic rings. The highest BCUT2D eigenvalue weighted by Gasteiger charge is 2.36. The summed E-state index contributed by atoms with van der Waals surface area (Å²) in [6.07, 6.45) is 2.78. The van der Waals surface area contributed by atoms with Gasteiger partial charge in [-0.3, -0.25) is 0 Å². The molecule has 0 bridgehead atoms. The van der Waals surface area contributed by atoms with Crippen LogP contribution in [0.15, 0.2) is 30.3 Å². The van der Waals surface area contributed by atoms with Gasteiger partial charge < -0.3 is 10.2 Å². The van der Waals surface area contributed by atoms with Gasteiger partial charge in [0.2, 0.25) is 0 Å². The molecule has 1 atom stereocenters. The maximum absolute atomic E-state index is 3.70. The molecular formula is C18H30N2. The van der Waals surface area contributed by atoms with Crippen LogP contribution in [0.25, 0.3) is 0 Å². The van der Waals surface area contributed by atoms with Crippen molar-refractivity contribution in [2.45, 2.75) is 52.6 Å². The third-order valence-electron chi connectivity index (χ3n) is 4.40. The average molecular weight is 274 g/mol. The lowest BCUT2D eigenvalue weighted by Crippen LogP contribution is -2.43. The van der Waals surface area contributed by atoms with Crippen molar-refractivity contribution in [2.24, 2.45) is 5.41 Å². The first-order valence-corrected chi connectivity index (χ1v) is 8.11. The van der Waals surface area contributed by atoms with E-state index in [-0.39, 0.29) is 5.41 Å². The largest absolute Gasteiger partial charge is 0.310 e. The number of nitrogens with zero attached hydrogens (tertiary/aromatic N) is 1. The van der Waals surface area contributed by atoms with Crippen LogP contribution in [0.1, 0.15) is 52.1 Å². The van der Waals surface area contributed by atoms with Crippen molar-refractivity contribution >= 4 is 0 Å². The van der Waals surface area contributed by atoms with E-state index in [1.165, 1.54) is 31.5 Å². The zero-order valence-electron chi connectivity index (χ0n) is 13.5. The van der Waals surface area contributed by atoms with Crippen LogP contribution in [0.2, 0.25) is 0 Å². The van der Waals surface area contributed by atoms with E-state index in [2.05, 4.69) is 68.2 Å². The zero-order chi connectivity index (χ0) is 14.6. The van der Waals surface area contributed by atoms with Gasteiger partial charge >= 0.3 is 0 Å². The molecule has 112 valence electrons. The summed E-state index contributed by atoms with van der Waals surface area (Å²) in [6.45, 7) is 12.6. The van der Waals surface area contributed by atoms with Gasteiger partial charge in [0, 0.05) is 18.6 Å². The first-order valence-electron chi connectivity index (χ1n) is 8.11. The number of rotatable bonds is 8. The smallest absolute Gasteiger partial charge is 0.0384 e. The monoisotopic (exact) mass is 274 g/mol. The minimum absolute atomic E-state index is 0.232. The Balaban J connectivity index is 2.13. The number of hydrogen-bond acceptors (Lipinski definition) is 2. The van der Waals surface area contributed by atoms with Crippen molar-refractivity contribution in [3.63, 3.8) is 0 Å². The molecule has 1 aliphatic carbocycles. The standard InChI is InChI=1S/C18H30N2/c1-5-19-17(15-10-8-7-9-11-15)18(3,4)14-20(6-2)16-12-13-16/h7-11,16-17,19H,5-6,12-14H2,1-4H3. The van der Waals surface area contributed by atoms with Crippen molar-refractivity contribution in [1.29, 1.82) is 0 Å². The SMILES string of the molecule is CCNC(c1ccccc1)C(C)(C)CN(CC)C1CC1. The Morgan fingerprint density at radius 2 is 1.85 bits per heavy atom. The highest BCUT2D eigenvalue weighted by Crippen LogP contribution is 2.37. The molecule has 1 aromatic carbocycles. The Labute approximate surface area is 124 Å². The Hall–Kier alpha value is -0.860. The third-order valence-corrected chi connectivity index (χ3v) is 4.40. The summed E-state index contributed by atoms with van der Waals surface area (Å²) >= 11 is 0. The van der Waals surface area contributed by atoms with Gasteiger partial charge in [0.25, 0.3) is 0 Å². The third kappa shape index (κ3) is 3.83. The quantitative estimate of drug-likeness (QED) is 0.774. The number of nitrogens with one attached hydrogen (secondary N) is 1. The van der Waals surface area contributed by atoms with Gasteiger partial charge in [0.15, 0.2) is 0 Å². The summed E-state index contributed by atoms with van der Waals surface area (Å²) in [4.78, 5) is 2.66. The van der Waals surface area contributed by atoms with Crippen LogP contribution in [0.4, 0.5) is 0 Å². The summed E-state index contributed by atoms with van der Waals surface area (Å²) in [5, 5.41) is 3.70. The summed E-state index contributed by atoms with van der Waals surface area (Å²) in [7, 11) is 0. The van der Waals surface area contributed by atoms with Crippen LogP contribution >= 0.6 is 0 Å². The molecule has 1 N–H and O–H groups in total. The molecule has 1 fully saturated rings. The molecule has 1 saturated carbocycles. The van der Waals surface area contributed by atoms with Gasteiger partial charge in [0.1, 0.15) is 0 Å². The van der Waals surface area contributed by atoms with Crippen LogP contribution in [-0.2, 0) is 0 Å². The van der Waals surface area contributed by atoms with Crippen LogP contribution in [0.3, 0.4) is 0 Å². The number of benzene rings is 1. The van der Waals surface area contributed by atoms with Crippen LogP contribution in [0.5, 0.6) is 0 Å². The van der Waals surface area contributed by atoms with Crippen molar-refractivity contribution in [3.05, 3.63) is 35.9 Å². The predicted molar refractivity (Wildman–Crippen MR) is 86.9 cm³/mol. The lowest BCUT2D eigenvalue weighted by Gasteiger charge is -2.39. The Morgan fingerprint density at radius 3 is 2.35 bits per heavy atom. The molecule has 2 rings (SSSR count). The minimum atomic E-state index is 0.232. The van der Waals surface area contributed by atoms with Crippen LogP contribution < -0.4 is 5.32 Å². The predicted octanol–water partition coefficient (Wildman–Crippen LogP) is 3.85. The van der Waals surface area contributed by atoms with Crippen molar-refractivity contribution in [1.82, 2.24) is 10.2 Å². The highest BCUT2D eigenvalue weighted by molar-refractivity contribution is 5.21. The topological polar surface area (TPSA) is 15.3 Å².